The van der Waals surface area contributed by atoms with Crippen molar-refractivity contribution in [2.24, 2.45) is 17.8 Å². The fraction of sp³-hybridized carbons (Fsp3) is 0.857. The largest absolute Gasteiger partial charge is 0.450 e. The number of piperazine rings is 1. The number of ether oxygens (including phenoxy) is 1. The molecular formula is C14H22N2O3. The molecule has 3 aliphatic rings. The minimum Gasteiger partial charge on any atom is -0.450 e. The maximum absolute atomic E-state index is 12.4. The lowest BCUT2D eigenvalue weighted by Gasteiger charge is -2.35. The van der Waals surface area contributed by atoms with E-state index in [0.29, 0.717) is 38.7 Å². The first-order chi connectivity index (χ1) is 9.19. The van der Waals surface area contributed by atoms with Crippen LogP contribution >= 0.6 is 0 Å². The van der Waals surface area contributed by atoms with Crippen molar-refractivity contribution < 1.29 is 14.3 Å². The molecule has 2 amide bonds. The van der Waals surface area contributed by atoms with Gasteiger partial charge >= 0.3 is 6.09 Å². The second-order valence-electron chi connectivity index (χ2n) is 5.94. The highest BCUT2D eigenvalue weighted by Crippen LogP contribution is 2.54. The zero-order valence-electron chi connectivity index (χ0n) is 11.5. The molecule has 2 aliphatic carbocycles. The van der Waals surface area contributed by atoms with Gasteiger partial charge in [-0.3, -0.25) is 4.79 Å². The summed E-state index contributed by atoms with van der Waals surface area (Å²) in [6.07, 6.45) is 3.29. The van der Waals surface area contributed by atoms with Gasteiger partial charge in [0.15, 0.2) is 0 Å². The number of amides is 2. The zero-order chi connectivity index (χ0) is 13.4. The van der Waals surface area contributed by atoms with Crippen molar-refractivity contribution in [2.75, 3.05) is 32.8 Å². The van der Waals surface area contributed by atoms with Crippen LogP contribution in [0.3, 0.4) is 0 Å². The van der Waals surface area contributed by atoms with Crippen LogP contribution in [0.1, 0.15) is 26.2 Å². The van der Waals surface area contributed by atoms with Crippen LogP contribution < -0.4 is 0 Å². The summed E-state index contributed by atoms with van der Waals surface area (Å²) < 4.78 is 4.98. The van der Waals surface area contributed by atoms with E-state index < -0.39 is 0 Å². The molecule has 1 aliphatic heterocycles. The average molecular weight is 266 g/mol. The van der Waals surface area contributed by atoms with Crippen LogP contribution in [-0.2, 0) is 9.53 Å². The Hall–Kier alpha value is -1.26. The Kier molecular flexibility index (Phi) is 3.37. The summed E-state index contributed by atoms with van der Waals surface area (Å²) in [5.41, 5.74) is 0. The molecule has 0 aromatic carbocycles. The molecule has 3 fully saturated rings. The smallest absolute Gasteiger partial charge is 0.409 e. The highest BCUT2D eigenvalue weighted by atomic mass is 16.6. The SMILES string of the molecule is CCOC(=O)N1CCN(C(=O)C2CC3CC3C2)CC1. The molecule has 19 heavy (non-hydrogen) atoms. The number of hydrogen-bond acceptors (Lipinski definition) is 3. The Balaban J connectivity index is 1.47. The predicted octanol–water partition coefficient (Wildman–Crippen LogP) is 1.33. The number of carbonyl (C=O) groups is 2. The first-order valence-electron chi connectivity index (χ1n) is 7.39. The van der Waals surface area contributed by atoms with E-state index in [4.69, 9.17) is 4.74 Å². The van der Waals surface area contributed by atoms with Crippen LogP contribution in [0.25, 0.3) is 0 Å². The highest BCUT2D eigenvalue weighted by Gasteiger charge is 2.48. The molecule has 5 nitrogen and oxygen atoms in total. The molecule has 2 unspecified atom stereocenters. The summed E-state index contributed by atoms with van der Waals surface area (Å²) in [6.45, 7) is 4.73. The third-order valence-electron chi connectivity index (χ3n) is 4.71. The molecule has 0 spiro atoms. The Morgan fingerprint density at radius 2 is 1.58 bits per heavy atom. The molecule has 1 heterocycles. The Labute approximate surface area is 113 Å². The predicted molar refractivity (Wildman–Crippen MR) is 69.5 cm³/mol. The van der Waals surface area contributed by atoms with Gasteiger partial charge in [-0.05, 0) is 38.0 Å². The van der Waals surface area contributed by atoms with E-state index in [0.717, 1.165) is 24.7 Å². The fourth-order valence-corrected chi connectivity index (χ4v) is 3.50. The van der Waals surface area contributed by atoms with Gasteiger partial charge in [-0.15, -0.1) is 0 Å². The summed E-state index contributed by atoms with van der Waals surface area (Å²) >= 11 is 0. The van der Waals surface area contributed by atoms with Gasteiger partial charge in [0.1, 0.15) is 0 Å². The molecule has 2 atom stereocenters. The second kappa shape index (κ2) is 5.02. The van der Waals surface area contributed by atoms with Gasteiger partial charge in [0, 0.05) is 32.1 Å². The Morgan fingerprint density at radius 3 is 2.16 bits per heavy atom. The van der Waals surface area contributed by atoms with Crippen molar-refractivity contribution in [2.45, 2.75) is 26.2 Å². The van der Waals surface area contributed by atoms with E-state index in [1.165, 1.54) is 6.42 Å². The number of hydrogen-bond donors (Lipinski definition) is 0. The molecule has 1 saturated heterocycles. The monoisotopic (exact) mass is 266 g/mol. The van der Waals surface area contributed by atoms with Crippen LogP contribution in [0.5, 0.6) is 0 Å². The van der Waals surface area contributed by atoms with Gasteiger partial charge in [0.25, 0.3) is 0 Å². The number of carbonyl (C=O) groups excluding carboxylic acids is 2. The lowest BCUT2D eigenvalue weighted by molar-refractivity contribution is -0.137. The normalized spacial score (nSPS) is 33.0. The third kappa shape index (κ3) is 2.55. The van der Waals surface area contributed by atoms with Crippen LogP contribution in [0.2, 0.25) is 0 Å². The Bertz CT molecular complexity index is 367. The minimum atomic E-state index is -0.253. The topological polar surface area (TPSA) is 49.9 Å². The summed E-state index contributed by atoms with van der Waals surface area (Å²) in [5.74, 6) is 2.26. The van der Waals surface area contributed by atoms with E-state index in [9.17, 15) is 9.59 Å². The van der Waals surface area contributed by atoms with E-state index in [1.54, 1.807) is 4.90 Å². The molecular weight excluding hydrogens is 244 g/mol. The van der Waals surface area contributed by atoms with Gasteiger partial charge < -0.3 is 14.5 Å². The van der Waals surface area contributed by atoms with Crippen molar-refractivity contribution in [3.8, 4) is 0 Å². The third-order valence-corrected chi connectivity index (χ3v) is 4.71. The summed E-state index contributed by atoms with van der Waals surface area (Å²) in [5, 5.41) is 0. The number of rotatable bonds is 2. The molecule has 0 aromatic rings. The fourth-order valence-electron chi connectivity index (χ4n) is 3.50. The lowest BCUT2D eigenvalue weighted by Crippen LogP contribution is -2.52. The van der Waals surface area contributed by atoms with E-state index >= 15 is 0 Å². The van der Waals surface area contributed by atoms with Crippen LogP contribution in [-0.4, -0.2) is 54.6 Å². The maximum Gasteiger partial charge on any atom is 0.409 e. The highest BCUT2D eigenvalue weighted by molar-refractivity contribution is 5.80. The minimum absolute atomic E-state index is 0.253. The molecule has 0 bridgehead atoms. The van der Waals surface area contributed by atoms with Crippen molar-refractivity contribution in [1.29, 1.82) is 0 Å². The van der Waals surface area contributed by atoms with Crippen LogP contribution in [0.4, 0.5) is 4.79 Å². The van der Waals surface area contributed by atoms with Crippen molar-refractivity contribution in [3.05, 3.63) is 0 Å². The van der Waals surface area contributed by atoms with Crippen molar-refractivity contribution >= 4 is 12.0 Å². The first-order valence-corrected chi connectivity index (χ1v) is 7.39. The van der Waals surface area contributed by atoms with Gasteiger partial charge in [-0.1, -0.05) is 0 Å². The molecule has 0 aromatic heterocycles. The van der Waals surface area contributed by atoms with Gasteiger partial charge in [0.05, 0.1) is 6.61 Å². The van der Waals surface area contributed by atoms with Crippen LogP contribution in [0, 0.1) is 17.8 Å². The van der Waals surface area contributed by atoms with E-state index in [-0.39, 0.29) is 12.0 Å². The molecule has 0 radical (unpaired) electrons. The zero-order valence-corrected chi connectivity index (χ0v) is 11.5. The van der Waals surface area contributed by atoms with Gasteiger partial charge in [-0.2, -0.15) is 0 Å². The first kappa shape index (κ1) is 12.8. The molecule has 2 saturated carbocycles. The van der Waals surface area contributed by atoms with Gasteiger partial charge in [0.2, 0.25) is 5.91 Å². The molecule has 3 rings (SSSR count). The summed E-state index contributed by atoms with van der Waals surface area (Å²) in [7, 11) is 0. The summed E-state index contributed by atoms with van der Waals surface area (Å²) in [4.78, 5) is 27.6. The van der Waals surface area contributed by atoms with Crippen molar-refractivity contribution in [1.82, 2.24) is 9.80 Å². The quantitative estimate of drug-likeness (QED) is 0.757. The second-order valence-corrected chi connectivity index (χ2v) is 5.94. The molecule has 106 valence electrons. The van der Waals surface area contributed by atoms with Crippen LogP contribution in [0.15, 0.2) is 0 Å². The lowest BCUT2D eigenvalue weighted by atomic mass is 10.0. The average Bonchev–Trinajstić information content (AvgIpc) is 3.05. The molecule has 5 heteroatoms. The molecule has 0 N–H and O–H groups in total. The van der Waals surface area contributed by atoms with E-state index in [2.05, 4.69) is 0 Å². The number of fused-ring (bicyclic) bond motifs is 1. The standard InChI is InChI=1S/C14H22N2O3/c1-2-19-14(18)16-5-3-15(4-6-16)13(17)12-8-10-7-11(10)9-12/h10-12H,2-9H2,1H3. The van der Waals surface area contributed by atoms with Gasteiger partial charge in [-0.25, -0.2) is 4.79 Å². The Morgan fingerprint density at radius 1 is 1.00 bits per heavy atom. The summed E-state index contributed by atoms with van der Waals surface area (Å²) in [6, 6.07) is 0. The maximum atomic E-state index is 12.4. The number of nitrogens with zero attached hydrogens (tertiary/aromatic N) is 2. The van der Waals surface area contributed by atoms with E-state index in [1.807, 2.05) is 11.8 Å². The van der Waals surface area contributed by atoms with Crippen molar-refractivity contribution in [3.63, 3.8) is 0 Å².